The van der Waals surface area contributed by atoms with Crippen molar-refractivity contribution >= 4 is 11.6 Å². The van der Waals surface area contributed by atoms with Gasteiger partial charge in [0.2, 0.25) is 0 Å². The van der Waals surface area contributed by atoms with Gasteiger partial charge in [0.05, 0.1) is 12.7 Å². The molecule has 0 spiro atoms. The molecule has 0 aromatic heterocycles. The summed E-state index contributed by atoms with van der Waals surface area (Å²) in [7, 11) is 0. The molecule has 0 radical (unpaired) electrons. The highest BCUT2D eigenvalue weighted by Crippen LogP contribution is 2.34. The molecule has 0 amide bonds. The molecule has 0 N–H and O–H groups in total. The molecular formula is C14H18ClNO. The second kappa shape index (κ2) is 4.60. The molecule has 92 valence electrons. The molecule has 2 heterocycles. The van der Waals surface area contributed by atoms with Crippen LogP contribution in [0.3, 0.4) is 0 Å². The summed E-state index contributed by atoms with van der Waals surface area (Å²) in [5, 5.41) is 0. The van der Waals surface area contributed by atoms with Gasteiger partial charge in [0.25, 0.3) is 0 Å². The van der Waals surface area contributed by atoms with E-state index in [0.29, 0.717) is 24.1 Å². The van der Waals surface area contributed by atoms with E-state index in [-0.39, 0.29) is 0 Å². The Morgan fingerprint density at radius 3 is 2.71 bits per heavy atom. The van der Waals surface area contributed by atoms with Crippen molar-refractivity contribution in [3.63, 3.8) is 0 Å². The van der Waals surface area contributed by atoms with Crippen LogP contribution >= 0.6 is 11.6 Å². The average molecular weight is 252 g/mol. The van der Waals surface area contributed by atoms with Crippen molar-refractivity contribution in [1.82, 2.24) is 4.90 Å². The van der Waals surface area contributed by atoms with E-state index >= 15 is 0 Å². The van der Waals surface area contributed by atoms with Crippen LogP contribution in [0.5, 0.6) is 0 Å². The summed E-state index contributed by atoms with van der Waals surface area (Å²) < 4.78 is 5.65. The van der Waals surface area contributed by atoms with Crippen LogP contribution in [-0.4, -0.2) is 30.2 Å². The van der Waals surface area contributed by atoms with Crippen molar-refractivity contribution in [2.75, 3.05) is 13.2 Å². The lowest BCUT2D eigenvalue weighted by Crippen LogP contribution is -2.38. The number of likely N-dealkylation sites (tertiary alicyclic amines) is 1. The van der Waals surface area contributed by atoms with Crippen molar-refractivity contribution in [3.05, 3.63) is 35.4 Å². The summed E-state index contributed by atoms with van der Waals surface area (Å²) in [4.78, 5) is 2.57. The van der Waals surface area contributed by atoms with E-state index in [2.05, 4.69) is 36.1 Å². The fourth-order valence-electron chi connectivity index (χ4n) is 2.98. The number of ether oxygens (including phenoxy) is 1. The maximum absolute atomic E-state index is 5.81. The number of morpholine rings is 1. The third-order valence-electron chi connectivity index (χ3n) is 4.06. The number of hydrogen-bond donors (Lipinski definition) is 0. The van der Waals surface area contributed by atoms with Crippen LogP contribution in [-0.2, 0) is 10.6 Å². The molecule has 2 fully saturated rings. The van der Waals surface area contributed by atoms with E-state index in [4.69, 9.17) is 16.3 Å². The molecule has 3 heteroatoms. The quantitative estimate of drug-likeness (QED) is 0.766. The molecule has 17 heavy (non-hydrogen) atoms. The number of halogens is 1. The molecule has 0 saturated carbocycles. The van der Waals surface area contributed by atoms with E-state index in [9.17, 15) is 0 Å². The van der Waals surface area contributed by atoms with E-state index in [1.165, 1.54) is 17.5 Å². The Hall–Kier alpha value is -0.570. The number of nitrogens with zero attached hydrogens (tertiary/aromatic N) is 1. The monoisotopic (exact) mass is 251 g/mol. The molecule has 1 aromatic rings. The van der Waals surface area contributed by atoms with Gasteiger partial charge in [-0.15, -0.1) is 11.6 Å². The maximum Gasteiger partial charge on any atom is 0.0718 e. The predicted octanol–water partition coefficient (Wildman–Crippen LogP) is 2.96. The van der Waals surface area contributed by atoms with Crippen molar-refractivity contribution in [1.29, 1.82) is 0 Å². The average Bonchev–Trinajstić information content (AvgIpc) is 3.00. The standard InChI is InChI=1S/C14H18ClNO/c1-10(12-4-2-11(7-15)3-5-12)16-8-14-6-13(16)9-17-14/h2-5,10,13-14H,6-9H2,1H3. The molecule has 1 aromatic carbocycles. The van der Waals surface area contributed by atoms with Crippen LogP contribution in [0.4, 0.5) is 0 Å². The van der Waals surface area contributed by atoms with Crippen LogP contribution in [0.15, 0.2) is 24.3 Å². The third kappa shape index (κ3) is 2.10. The van der Waals surface area contributed by atoms with E-state index in [0.717, 1.165) is 13.2 Å². The topological polar surface area (TPSA) is 12.5 Å². The first-order valence-electron chi connectivity index (χ1n) is 6.30. The Kier molecular flexibility index (Phi) is 3.12. The van der Waals surface area contributed by atoms with E-state index < -0.39 is 0 Å². The molecule has 2 saturated heterocycles. The van der Waals surface area contributed by atoms with Crippen molar-refractivity contribution in [3.8, 4) is 0 Å². The second-order valence-corrected chi connectivity index (χ2v) is 5.36. The summed E-state index contributed by atoms with van der Waals surface area (Å²) in [6.45, 7) is 4.29. The molecule has 0 aliphatic carbocycles. The Balaban J connectivity index is 1.74. The number of alkyl halides is 1. The zero-order valence-electron chi connectivity index (χ0n) is 10.1. The zero-order chi connectivity index (χ0) is 11.8. The van der Waals surface area contributed by atoms with Gasteiger partial charge in [-0.05, 0) is 24.5 Å². The van der Waals surface area contributed by atoms with Crippen molar-refractivity contribution in [2.24, 2.45) is 0 Å². The highest BCUT2D eigenvalue weighted by atomic mass is 35.5. The van der Waals surface area contributed by atoms with Crippen LogP contribution in [0.2, 0.25) is 0 Å². The molecule has 2 aliphatic heterocycles. The van der Waals surface area contributed by atoms with Gasteiger partial charge in [-0.2, -0.15) is 0 Å². The van der Waals surface area contributed by atoms with Crippen LogP contribution < -0.4 is 0 Å². The van der Waals surface area contributed by atoms with Gasteiger partial charge in [-0.3, -0.25) is 4.90 Å². The minimum Gasteiger partial charge on any atom is -0.375 e. The summed E-state index contributed by atoms with van der Waals surface area (Å²) in [5.41, 5.74) is 2.57. The van der Waals surface area contributed by atoms with E-state index in [1.807, 2.05) is 0 Å². The molecule has 2 nitrogen and oxygen atoms in total. The van der Waals surface area contributed by atoms with E-state index in [1.54, 1.807) is 0 Å². The minimum atomic E-state index is 0.476. The highest BCUT2D eigenvalue weighted by Gasteiger charge is 2.41. The largest absolute Gasteiger partial charge is 0.375 e. The van der Waals surface area contributed by atoms with Gasteiger partial charge in [-0.25, -0.2) is 0 Å². The fraction of sp³-hybridized carbons (Fsp3) is 0.571. The SMILES string of the molecule is CC(c1ccc(CCl)cc1)N1CC2CC1CO2. The lowest BCUT2D eigenvalue weighted by molar-refractivity contribution is 0.0143. The Morgan fingerprint density at radius 1 is 1.41 bits per heavy atom. The van der Waals surface area contributed by atoms with Crippen molar-refractivity contribution < 1.29 is 4.74 Å². The Bertz CT molecular complexity index is 392. The zero-order valence-corrected chi connectivity index (χ0v) is 10.9. The Morgan fingerprint density at radius 2 is 2.18 bits per heavy atom. The highest BCUT2D eigenvalue weighted by molar-refractivity contribution is 6.17. The number of fused-ring (bicyclic) bond motifs is 2. The van der Waals surface area contributed by atoms with Gasteiger partial charge >= 0.3 is 0 Å². The molecule has 3 unspecified atom stereocenters. The van der Waals surface area contributed by atoms with Gasteiger partial charge in [0, 0.05) is 24.5 Å². The molecular weight excluding hydrogens is 234 g/mol. The summed E-state index contributed by atoms with van der Waals surface area (Å²) in [6.07, 6.45) is 1.69. The number of hydrogen-bond acceptors (Lipinski definition) is 2. The third-order valence-corrected chi connectivity index (χ3v) is 4.37. The summed E-state index contributed by atoms with van der Waals surface area (Å²) in [6, 6.07) is 9.78. The molecule has 3 rings (SSSR count). The van der Waals surface area contributed by atoms with Gasteiger partial charge in [0.15, 0.2) is 0 Å². The fourth-order valence-corrected chi connectivity index (χ4v) is 3.16. The second-order valence-electron chi connectivity index (χ2n) is 5.09. The molecule has 3 atom stereocenters. The first-order valence-corrected chi connectivity index (χ1v) is 6.83. The van der Waals surface area contributed by atoms with Gasteiger partial charge in [-0.1, -0.05) is 24.3 Å². The van der Waals surface area contributed by atoms with Crippen LogP contribution in [0.1, 0.15) is 30.5 Å². The summed E-state index contributed by atoms with van der Waals surface area (Å²) >= 11 is 5.81. The lowest BCUT2D eigenvalue weighted by atomic mass is 10.0. The van der Waals surface area contributed by atoms with Gasteiger partial charge < -0.3 is 4.74 Å². The first-order chi connectivity index (χ1) is 8.28. The number of benzene rings is 1. The predicted molar refractivity (Wildman–Crippen MR) is 69.3 cm³/mol. The number of rotatable bonds is 3. The van der Waals surface area contributed by atoms with Crippen molar-refractivity contribution in [2.45, 2.75) is 37.4 Å². The summed E-state index contributed by atoms with van der Waals surface area (Å²) in [5.74, 6) is 0.594. The van der Waals surface area contributed by atoms with Gasteiger partial charge in [0.1, 0.15) is 0 Å². The maximum atomic E-state index is 5.81. The lowest BCUT2D eigenvalue weighted by Gasteiger charge is -2.32. The molecule has 2 aliphatic rings. The first kappa shape index (κ1) is 11.5. The minimum absolute atomic E-state index is 0.476. The Labute approximate surface area is 108 Å². The smallest absolute Gasteiger partial charge is 0.0718 e. The normalized spacial score (nSPS) is 29.8. The van der Waals surface area contributed by atoms with Crippen LogP contribution in [0, 0.1) is 0 Å². The van der Waals surface area contributed by atoms with Crippen LogP contribution in [0.25, 0.3) is 0 Å². The molecule has 2 bridgehead atoms.